The fraction of sp³-hybridized carbons (Fsp3) is 0.111. The van der Waals surface area contributed by atoms with E-state index in [1.165, 1.54) is 0 Å². The van der Waals surface area contributed by atoms with Crippen molar-refractivity contribution in [2.24, 2.45) is 0 Å². The monoisotopic (exact) mass is 306 g/mol. The van der Waals surface area contributed by atoms with Gasteiger partial charge in [0, 0.05) is 10.8 Å². The van der Waals surface area contributed by atoms with Crippen molar-refractivity contribution >= 4 is 33.4 Å². The van der Waals surface area contributed by atoms with Crippen LogP contribution in [0, 0.1) is 0 Å². The molecule has 1 N–H and O–H groups in total. The van der Waals surface area contributed by atoms with Crippen molar-refractivity contribution in [3.63, 3.8) is 0 Å². The van der Waals surface area contributed by atoms with E-state index in [4.69, 9.17) is 4.74 Å². The second-order valence-corrected chi connectivity index (χ2v) is 5.27. The molecule has 0 saturated heterocycles. The zero-order valence-electron chi connectivity index (χ0n) is 12.5. The molecular formula is C18H14N2O3. The van der Waals surface area contributed by atoms with E-state index in [-0.39, 0.29) is 12.2 Å². The molecule has 5 nitrogen and oxygen atoms in total. The van der Waals surface area contributed by atoms with Crippen molar-refractivity contribution in [2.75, 3.05) is 6.61 Å². The molecule has 5 heteroatoms. The quantitative estimate of drug-likeness (QED) is 0.579. The number of para-hydroxylation sites is 2. The molecule has 0 aliphatic heterocycles. The Morgan fingerprint density at radius 2 is 1.78 bits per heavy atom. The number of carbonyl (C=O) groups excluding carboxylic acids is 1. The number of hydrogen-bond acceptors (Lipinski definition) is 3. The topological polar surface area (TPSA) is 63.6 Å². The van der Waals surface area contributed by atoms with Gasteiger partial charge in [-0.15, -0.1) is 0 Å². The number of aromatic amines is 1. The summed E-state index contributed by atoms with van der Waals surface area (Å²) in [4.78, 5) is 28.6. The minimum Gasteiger partial charge on any atom is -0.462 e. The van der Waals surface area contributed by atoms with Crippen LogP contribution in [0.1, 0.15) is 17.3 Å². The molecule has 0 amide bonds. The second-order valence-electron chi connectivity index (χ2n) is 5.27. The summed E-state index contributed by atoms with van der Waals surface area (Å²) < 4.78 is 6.75. The summed E-state index contributed by atoms with van der Waals surface area (Å²) in [5.41, 5.74) is 2.24. The van der Waals surface area contributed by atoms with Crippen LogP contribution in [-0.4, -0.2) is 22.0 Å². The summed E-state index contributed by atoms with van der Waals surface area (Å²) in [6.07, 6.45) is 0. The molecule has 2 aromatic heterocycles. The Labute approximate surface area is 131 Å². The average molecular weight is 306 g/mol. The lowest BCUT2D eigenvalue weighted by Gasteiger charge is -2.08. The zero-order chi connectivity index (χ0) is 16.0. The molecule has 4 rings (SSSR count). The predicted molar refractivity (Wildman–Crippen MR) is 89.0 cm³/mol. The first kappa shape index (κ1) is 13.6. The first-order valence-electron chi connectivity index (χ1n) is 7.43. The molecular weight excluding hydrogens is 292 g/mol. The van der Waals surface area contributed by atoms with Crippen LogP contribution in [0.5, 0.6) is 0 Å². The summed E-state index contributed by atoms with van der Waals surface area (Å²) in [5, 5.41) is 1.10. The average Bonchev–Trinajstić information content (AvgIpc) is 2.94. The van der Waals surface area contributed by atoms with Crippen LogP contribution in [0.3, 0.4) is 0 Å². The third-order valence-electron chi connectivity index (χ3n) is 3.97. The standard InChI is InChI=1S/C18H14N2O3/c1-2-23-18(22)15-11-7-3-4-8-12(11)17(21)20-14-10-6-5-9-13(14)19-16(15)20/h3-10,19H,2H2,1H3. The molecule has 0 radical (unpaired) electrons. The van der Waals surface area contributed by atoms with Crippen LogP contribution in [0.2, 0.25) is 0 Å². The van der Waals surface area contributed by atoms with Gasteiger partial charge in [-0.25, -0.2) is 4.79 Å². The van der Waals surface area contributed by atoms with E-state index in [1.54, 1.807) is 29.5 Å². The van der Waals surface area contributed by atoms with Crippen LogP contribution in [0.25, 0.3) is 27.5 Å². The summed E-state index contributed by atoms with van der Waals surface area (Å²) in [6, 6.07) is 14.6. The minimum absolute atomic E-state index is 0.152. The third-order valence-corrected chi connectivity index (χ3v) is 3.97. The molecule has 2 aromatic carbocycles. The SMILES string of the molecule is CCOC(=O)c1c2ccccc2c(=O)n2c1[nH]c1ccccc12. The molecule has 0 bridgehead atoms. The number of carbonyl (C=O) groups is 1. The van der Waals surface area contributed by atoms with Crippen LogP contribution >= 0.6 is 0 Å². The molecule has 0 aliphatic rings. The molecule has 0 fully saturated rings. The van der Waals surface area contributed by atoms with Gasteiger partial charge in [-0.1, -0.05) is 30.3 Å². The van der Waals surface area contributed by atoms with Crippen LogP contribution in [0.15, 0.2) is 53.3 Å². The number of fused-ring (bicyclic) bond motifs is 4. The first-order valence-corrected chi connectivity index (χ1v) is 7.43. The summed E-state index contributed by atoms with van der Waals surface area (Å²) >= 11 is 0. The highest BCUT2D eigenvalue weighted by Gasteiger charge is 2.21. The fourth-order valence-electron chi connectivity index (χ4n) is 3.01. The van der Waals surface area contributed by atoms with Gasteiger partial charge in [0.15, 0.2) is 0 Å². The summed E-state index contributed by atoms with van der Waals surface area (Å²) in [6.45, 7) is 2.04. The van der Waals surface area contributed by atoms with Crippen molar-refractivity contribution in [1.29, 1.82) is 0 Å². The Balaban J connectivity index is 2.29. The highest BCUT2D eigenvalue weighted by molar-refractivity contribution is 6.10. The van der Waals surface area contributed by atoms with E-state index < -0.39 is 5.97 Å². The van der Waals surface area contributed by atoms with Gasteiger partial charge in [0.25, 0.3) is 5.56 Å². The highest BCUT2D eigenvalue weighted by atomic mass is 16.5. The number of esters is 1. The van der Waals surface area contributed by atoms with Gasteiger partial charge in [-0.3, -0.25) is 9.20 Å². The predicted octanol–water partition coefficient (Wildman–Crippen LogP) is 3.11. The third kappa shape index (κ3) is 1.86. The van der Waals surface area contributed by atoms with E-state index >= 15 is 0 Å². The molecule has 0 aliphatic carbocycles. The Morgan fingerprint density at radius 1 is 1.09 bits per heavy atom. The summed E-state index contributed by atoms with van der Waals surface area (Å²) in [7, 11) is 0. The first-order chi connectivity index (χ1) is 11.2. The normalized spacial score (nSPS) is 11.3. The van der Waals surface area contributed by atoms with Gasteiger partial charge >= 0.3 is 5.97 Å². The number of hydrogen-bond donors (Lipinski definition) is 1. The van der Waals surface area contributed by atoms with Gasteiger partial charge in [0.05, 0.1) is 17.6 Å². The van der Waals surface area contributed by atoms with E-state index in [2.05, 4.69) is 4.98 Å². The van der Waals surface area contributed by atoms with Crippen molar-refractivity contribution in [2.45, 2.75) is 6.92 Å². The van der Waals surface area contributed by atoms with Crippen LogP contribution < -0.4 is 5.56 Å². The molecule has 0 atom stereocenters. The van der Waals surface area contributed by atoms with Crippen molar-refractivity contribution in [1.82, 2.24) is 9.38 Å². The summed E-state index contributed by atoms with van der Waals surface area (Å²) in [5.74, 6) is -0.437. The minimum atomic E-state index is -0.437. The van der Waals surface area contributed by atoms with Gasteiger partial charge in [0.2, 0.25) is 0 Å². The Kier molecular flexibility index (Phi) is 2.94. The fourth-order valence-corrected chi connectivity index (χ4v) is 3.01. The second kappa shape index (κ2) is 4.98. The molecule has 0 saturated carbocycles. The number of rotatable bonds is 2. The number of nitrogens with one attached hydrogen (secondary N) is 1. The maximum Gasteiger partial charge on any atom is 0.342 e. The lowest BCUT2D eigenvalue weighted by atomic mass is 10.1. The van der Waals surface area contributed by atoms with Crippen LogP contribution in [0.4, 0.5) is 0 Å². The highest BCUT2D eigenvalue weighted by Crippen LogP contribution is 2.24. The van der Waals surface area contributed by atoms with Gasteiger partial charge in [-0.05, 0) is 25.1 Å². The number of pyridine rings is 1. The van der Waals surface area contributed by atoms with Gasteiger partial charge < -0.3 is 9.72 Å². The molecule has 23 heavy (non-hydrogen) atoms. The van der Waals surface area contributed by atoms with Crippen molar-refractivity contribution in [3.05, 3.63) is 64.4 Å². The maximum atomic E-state index is 12.9. The maximum absolute atomic E-state index is 12.9. The van der Waals surface area contributed by atoms with Gasteiger partial charge in [0.1, 0.15) is 11.2 Å². The van der Waals surface area contributed by atoms with Crippen LogP contribution in [-0.2, 0) is 4.74 Å². The molecule has 114 valence electrons. The smallest absolute Gasteiger partial charge is 0.342 e. The van der Waals surface area contributed by atoms with Crippen molar-refractivity contribution in [3.8, 4) is 0 Å². The number of H-pyrrole nitrogens is 1. The Morgan fingerprint density at radius 3 is 2.57 bits per heavy atom. The van der Waals surface area contributed by atoms with E-state index in [0.717, 1.165) is 11.0 Å². The zero-order valence-corrected chi connectivity index (χ0v) is 12.5. The van der Waals surface area contributed by atoms with E-state index in [1.807, 2.05) is 30.3 Å². The van der Waals surface area contributed by atoms with Gasteiger partial charge in [-0.2, -0.15) is 0 Å². The molecule has 4 aromatic rings. The molecule has 0 unspecified atom stereocenters. The van der Waals surface area contributed by atoms with E-state index in [9.17, 15) is 9.59 Å². The molecule has 2 heterocycles. The number of benzene rings is 2. The van der Waals surface area contributed by atoms with E-state index in [0.29, 0.717) is 22.0 Å². The number of ether oxygens (including phenoxy) is 1. The molecule has 0 spiro atoms. The number of aromatic nitrogens is 2. The lowest BCUT2D eigenvalue weighted by Crippen LogP contribution is -2.18. The number of nitrogens with zero attached hydrogens (tertiary/aromatic N) is 1. The van der Waals surface area contributed by atoms with Crippen molar-refractivity contribution < 1.29 is 9.53 Å². The Bertz CT molecular complexity index is 1120. The number of imidazole rings is 1. The lowest BCUT2D eigenvalue weighted by molar-refractivity contribution is 0.0530. The Hall–Kier alpha value is -3.08. The largest absolute Gasteiger partial charge is 0.462 e.